The van der Waals surface area contributed by atoms with Gasteiger partial charge in [-0.05, 0) is 51.8 Å². The zero-order chi connectivity index (χ0) is 19.5. The predicted molar refractivity (Wildman–Crippen MR) is 107 cm³/mol. The molecule has 0 saturated heterocycles. The van der Waals surface area contributed by atoms with Gasteiger partial charge in [0, 0.05) is 23.6 Å². The van der Waals surface area contributed by atoms with Crippen molar-refractivity contribution in [3.8, 4) is 0 Å². The first-order chi connectivity index (χ1) is 12.2. The van der Waals surface area contributed by atoms with E-state index in [1.165, 1.54) is 0 Å². The summed E-state index contributed by atoms with van der Waals surface area (Å²) in [5, 5.41) is 11.2. The Hall–Kier alpha value is -2.13. The van der Waals surface area contributed by atoms with Crippen molar-refractivity contribution < 1.29 is 9.90 Å². The van der Waals surface area contributed by atoms with Crippen molar-refractivity contribution in [2.75, 3.05) is 0 Å². The van der Waals surface area contributed by atoms with E-state index in [4.69, 9.17) is 0 Å². The number of aliphatic hydroxyl groups is 1. The third kappa shape index (κ3) is 3.99. The second-order valence-corrected chi connectivity index (χ2v) is 7.72. The van der Waals surface area contributed by atoms with E-state index in [0.29, 0.717) is 5.56 Å². The molecular weight excluding hydrogens is 322 g/mol. The van der Waals surface area contributed by atoms with Gasteiger partial charge in [-0.1, -0.05) is 55.5 Å². The third-order valence-corrected chi connectivity index (χ3v) is 5.21. The molecule has 140 valence electrons. The first-order valence-electron chi connectivity index (χ1n) is 9.37. The van der Waals surface area contributed by atoms with Crippen LogP contribution in [0.15, 0.2) is 54.6 Å². The van der Waals surface area contributed by atoms with Crippen molar-refractivity contribution in [1.82, 2.24) is 4.90 Å². The topological polar surface area (TPSA) is 40.5 Å². The normalized spacial score (nSPS) is 15.0. The van der Waals surface area contributed by atoms with Gasteiger partial charge in [-0.15, -0.1) is 0 Å². The van der Waals surface area contributed by atoms with Crippen LogP contribution < -0.4 is 0 Å². The molecule has 1 amide bonds. The van der Waals surface area contributed by atoms with Crippen LogP contribution in [0.4, 0.5) is 0 Å². The maximum Gasteiger partial charge on any atom is 0.254 e. The molecule has 0 aliphatic heterocycles. The van der Waals surface area contributed by atoms with E-state index in [1.54, 1.807) is 0 Å². The van der Waals surface area contributed by atoms with Gasteiger partial charge >= 0.3 is 0 Å². The highest BCUT2D eigenvalue weighted by Gasteiger charge is 2.34. The summed E-state index contributed by atoms with van der Waals surface area (Å²) in [6, 6.07) is 17.5. The monoisotopic (exact) mass is 353 g/mol. The van der Waals surface area contributed by atoms with Crippen molar-refractivity contribution in [2.24, 2.45) is 0 Å². The Balaban J connectivity index is 2.47. The molecule has 1 N–H and O–H groups in total. The SMILES string of the molecule is CC(C)N(C(=O)c1ccccc1[C@H](C)[C@](C)(O)c1ccccc1)C(C)C. The second-order valence-electron chi connectivity index (χ2n) is 7.72. The first kappa shape index (κ1) is 20.2. The van der Waals surface area contributed by atoms with Crippen molar-refractivity contribution in [3.05, 3.63) is 71.3 Å². The lowest BCUT2D eigenvalue weighted by Crippen LogP contribution is -2.42. The Morgan fingerprint density at radius 3 is 1.92 bits per heavy atom. The molecule has 0 aliphatic carbocycles. The number of benzene rings is 2. The Morgan fingerprint density at radius 1 is 0.885 bits per heavy atom. The van der Waals surface area contributed by atoms with Crippen LogP contribution in [0, 0.1) is 0 Å². The summed E-state index contributed by atoms with van der Waals surface area (Å²) >= 11 is 0. The fourth-order valence-corrected chi connectivity index (χ4v) is 3.60. The smallest absolute Gasteiger partial charge is 0.254 e. The lowest BCUT2D eigenvalue weighted by molar-refractivity contribution is 0.0317. The van der Waals surface area contributed by atoms with Gasteiger partial charge in [0.1, 0.15) is 0 Å². The number of rotatable bonds is 6. The fraction of sp³-hybridized carbons (Fsp3) is 0.435. The molecule has 2 aromatic rings. The van der Waals surface area contributed by atoms with Crippen LogP contribution in [0.1, 0.15) is 68.9 Å². The van der Waals surface area contributed by atoms with E-state index < -0.39 is 5.60 Å². The lowest BCUT2D eigenvalue weighted by Gasteiger charge is -2.35. The average Bonchev–Trinajstić information content (AvgIpc) is 2.61. The van der Waals surface area contributed by atoms with Crippen molar-refractivity contribution >= 4 is 5.91 Å². The van der Waals surface area contributed by atoms with E-state index >= 15 is 0 Å². The summed E-state index contributed by atoms with van der Waals surface area (Å²) in [5.74, 6) is -0.215. The Kier molecular flexibility index (Phi) is 6.25. The number of carbonyl (C=O) groups excluding carboxylic acids is 1. The van der Waals surface area contributed by atoms with Gasteiger partial charge in [-0.3, -0.25) is 4.79 Å². The van der Waals surface area contributed by atoms with E-state index in [0.717, 1.165) is 11.1 Å². The minimum absolute atomic E-state index is 0.0151. The van der Waals surface area contributed by atoms with Crippen molar-refractivity contribution in [3.63, 3.8) is 0 Å². The number of amides is 1. The zero-order valence-electron chi connectivity index (χ0n) is 16.7. The first-order valence-corrected chi connectivity index (χ1v) is 9.37. The predicted octanol–water partition coefficient (Wildman–Crippen LogP) is 4.96. The number of hydrogen-bond donors (Lipinski definition) is 1. The molecule has 0 bridgehead atoms. The van der Waals surface area contributed by atoms with Crippen LogP contribution in [-0.2, 0) is 5.60 Å². The Labute approximate surface area is 157 Å². The molecule has 0 unspecified atom stereocenters. The Bertz CT molecular complexity index is 727. The summed E-state index contributed by atoms with van der Waals surface area (Å²) in [4.78, 5) is 15.2. The Morgan fingerprint density at radius 2 is 1.38 bits per heavy atom. The number of nitrogens with zero attached hydrogens (tertiary/aromatic N) is 1. The second kappa shape index (κ2) is 8.05. The molecule has 3 nitrogen and oxygen atoms in total. The molecule has 0 heterocycles. The van der Waals surface area contributed by atoms with E-state index in [1.807, 2.05) is 101 Å². The molecule has 0 spiro atoms. The fourth-order valence-electron chi connectivity index (χ4n) is 3.60. The highest BCUT2D eigenvalue weighted by Crippen LogP contribution is 2.38. The quantitative estimate of drug-likeness (QED) is 0.797. The molecule has 26 heavy (non-hydrogen) atoms. The van der Waals surface area contributed by atoms with Crippen molar-refractivity contribution in [1.29, 1.82) is 0 Å². The standard InChI is InChI=1S/C23H31NO2/c1-16(2)24(17(3)4)22(25)21-15-11-10-14-20(21)18(5)23(6,26)19-12-8-7-9-13-19/h7-18,26H,1-6H3/t18-,23-/m0/s1. The summed E-state index contributed by atoms with van der Waals surface area (Å²) in [5.41, 5.74) is 1.31. The molecule has 2 aromatic carbocycles. The van der Waals surface area contributed by atoms with E-state index in [9.17, 15) is 9.90 Å². The maximum absolute atomic E-state index is 13.3. The third-order valence-electron chi connectivity index (χ3n) is 5.21. The maximum atomic E-state index is 13.3. The van der Waals surface area contributed by atoms with Crippen LogP contribution >= 0.6 is 0 Å². The van der Waals surface area contributed by atoms with Crippen molar-refractivity contribution in [2.45, 2.75) is 65.1 Å². The lowest BCUT2D eigenvalue weighted by atomic mass is 9.78. The van der Waals surface area contributed by atoms with Gasteiger partial charge in [-0.2, -0.15) is 0 Å². The van der Waals surface area contributed by atoms with E-state index in [-0.39, 0.29) is 23.9 Å². The zero-order valence-corrected chi connectivity index (χ0v) is 16.7. The largest absolute Gasteiger partial charge is 0.385 e. The summed E-state index contributed by atoms with van der Waals surface area (Å²) in [6.07, 6.45) is 0. The molecule has 2 atom stereocenters. The van der Waals surface area contributed by atoms with Gasteiger partial charge in [-0.25, -0.2) is 0 Å². The minimum atomic E-state index is -1.07. The van der Waals surface area contributed by atoms with Crippen LogP contribution in [0.5, 0.6) is 0 Å². The molecule has 0 aromatic heterocycles. The van der Waals surface area contributed by atoms with Gasteiger partial charge < -0.3 is 10.0 Å². The molecule has 2 rings (SSSR count). The van der Waals surface area contributed by atoms with Crippen LogP contribution in [0.3, 0.4) is 0 Å². The van der Waals surface area contributed by atoms with Crippen LogP contribution in [0.25, 0.3) is 0 Å². The minimum Gasteiger partial charge on any atom is -0.385 e. The highest BCUT2D eigenvalue weighted by atomic mass is 16.3. The molecular formula is C23H31NO2. The van der Waals surface area contributed by atoms with Gasteiger partial charge in [0.25, 0.3) is 5.91 Å². The van der Waals surface area contributed by atoms with E-state index in [2.05, 4.69) is 0 Å². The highest BCUT2D eigenvalue weighted by molar-refractivity contribution is 5.96. The molecule has 0 saturated carbocycles. The van der Waals surface area contributed by atoms with Crippen LogP contribution in [0.2, 0.25) is 0 Å². The summed E-state index contributed by atoms with van der Waals surface area (Å²) in [7, 11) is 0. The van der Waals surface area contributed by atoms with Gasteiger partial charge in [0.05, 0.1) is 5.60 Å². The average molecular weight is 354 g/mol. The number of hydrogen-bond acceptors (Lipinski definition) is 2. The van der Waals surface area contributed by atoms with Gasteiger partial charge in [0.15, 0.2) is 0 Å². The molecule has 0 fully saturated rings. The molecule has 3 heteroatoms. The van der Waals surface area contributed by atoms with Crippen LogP contribution in [-0.4, -0.2) is 28.0 Å². The molecule has 0 radical (unpaired) electrons. The molecule has 0 aliphatic rings. The van der Waals surface area contributed by atoms with Gasteiger partial charge in [0.2, 0.25) is 0 Å². The summed E-state index contributed by atoms with van der Waals surface area (Å²) < 4.78 is 0. The number of carbonyl (C=O) groups is 1. The summed E-state index contributed by atoms with van der Waals surface area (Å²) in [6.45, 7) is 11.9.